The van der Waals surface area contributed by atoms with E-state index in [0.717, 1.165) is 28.3 Å². The van der Waals surface area contributed by atoms with Gasteiger partial charge in [0.2, 0.25) is 10.0 Å². The van der Waals surface area contributed by atoms with Crippen LogP contribution < -0.4 is 0 Å². The van der Waals surface area contributed by atoms with E-state index in [4.69, 9.17) is 0 Å². The Morgan fingerprint density at radius 1 is 1.19 bits per heavy atom. The fourth-order valence-corrected chi connectivity index (χ4v) is 5.33. The molecule has 0 spiro atoms. The molecule has 5 nitrogen and oxygen atoms in total. The first-order chi connectivity index (χ1) is 12.7. The summed E-state index contributed by atoms with van der Waals surface area (Å²) in [5.41, 5.74) is 2.70. The van der Waals surface area contributed by atoms with Crippen LogP contribution in [0.3, 0.4) is 0 Å². The van der Waals surface area contributed by atoms with E-state index in [0.29, 0.717) is 16.6 Å². The van der Waals surface area contributed by atoms with E-state index >= 15 is 0 Å². The zero-order chi connectivity index (χ0) is 19.8. The van der Waals surface area contributed by atoms with Gasteiger partial charge in [0, 0.05) is 30.7 Å². The van der Waals surface area contributed by atoms with Crippen LogP contribution in [0, 0.1) is 6.92 Å². The first-order valence-corrected chi connectivity index (χ1v) is 11.1. The lowest BCUT2D eigenvalue weighted by Gasteiger charge is -2.26. The summed E-state index contributed by atoms with van der Waals surface area (Å²) in [6.07, 6.45) is 1.85. The molecule has 1 fully saturated rings. The van der Waals surface area contributed by atoms with Gasteiger partial charge in [0.1, 0.15) is 0 Å². The van der Waals surface area contributed by atoms with Gasteiger partial charge in [0.05, 0.1) is 10.9 Å². The summed E-state index contributed by atoms with van der Waals surface area (Å²) in [6.45, 7) is 2.72. The molecule has 1 heterocycles. The lowest BCUT2D eigenvalue weighted by Crippen LogP contribution is -2.31. The third kappa shape index (κ3) is 3.81. The zero-order valence-corrected chi connectivity index (χ0v) is 18.0. The van der Waals surface area contributed by atoms with Crippen molar-refractivity contribution >= 4 is 31.9 Å². The number of carbonyl (C=O) groups excluding carboxylic acids is 1. The molecule has 144 valence electrons. The van der Waals surface area contributed by atoms with E-state index in [1.54, 1.807) is 12.1 Å². The summed E-state index contributed by atoms with van der Waals surface area (Å²) >= 11 is 3.29. The molecule has 1 aliphatic rings. The molecule has 1 aliphatic heterocycles. The van der Waals surface area contributed by atoms with Crippen LogP contribution in [0.1, 0.15) is 40.4 Å². The van der Waals surface area contributed by atoms with Crippen LogP contribution in [0.25, 0.3) is 0 Å². The molecule has 0 N–H and O–H groups in total. The minimum absolute atomic E-state index is 0.0243. The number of nitrogens with zero attached hydrogens (tertiary/aromatic N) is 2. The Morgan fingerprint density at radius 3 is 2.56 bits per heavy atom. The number of rotatable bonds is 4. The van der Waals surface area contributed by atoms with E-state index < -0.39 is 10.0 Å². The highest BCUT2D eigenvalue weighted by atomic mass is 79.9. The highest BCUT2D eigenvalue weighted by Crippen LogP contribution is 2.35. The average Bonchev–Trinajstić information content (AvgIpc) is 3.11. The standard InChI is InChI=1S/C20H23BrN2O3S/c1-14-7-4-5-8-16(14)18-9-6-12-23(18)20(24)15-10-11-17(21)19(13-15)27(25,26)22(2)3/h4-5,7-8,10-11,13,18H,6,9,12H2,1-3H3. The lowest BCUT2D eigenvalue weighted by molar-refractivity contribution is 0.0735. The van der Waals surface area contributed by atoms with Gasteiger partial charge in [-0.15, -0.1) is 0 Å². The molecule has 1 amide bonds. The quantitative estimate of drug-likeness (QED) is 0.707. The summed E-state index contributed by atoms with van der Waals surface area (Å²) in [5.74, 6) is -0.136. The van der Waals surface area contributed by atoms with Gasteiger partial charge >= 0.3 is 0 Å². The molecule has 1 unspecified atom stereocenters. The zero-order valence-electron chi connectivity index (χ0n) is 15.6. The summed E-state index contributed by atoms with van der Waals surface area (Å²) in [5, 5.41) is 0. The number of aryl methyl sites for hydroxylation is 1. The third-order valence-corrected chi connectivity index (χ3v) is 7.81. The van der Waals surface area contributed by atoms with Crippen LogP contribution in [-0.4, -0.2) is 44.2 Å². The Morgan fingerprint density at radius 2 is 1.89 bits per heavy atom. The van der Waals surface area contributed by atoms with Crippen LogP contribution in [-0.2, 0) is 10.0 Å². The molecule has 1 atom stereocenters. The third-order valence-electron chi connectivity index (χ3n) is 5.00. The van der Waals surface area contributed by atoms with E-state index in [1.807, 2.05) is 17.0 Å². The largest absolute Gasteiger partial charge is 0.332 e. The van der Waals surface area contributed by atoms with Crippen LogP contribution in [0.5, 0.6) is 0 Å². The average molecular weight is 451 g/mol. The monoisotopic (exact) mass is 450 g/mol. The summed E-state index contributed by atoms with van der Waals surface area (Å²) in [4.78, 5) is 15.2. The fourth-order valence-electron chi connectivity index (χ4n) is 3.49. The van der Waals surface area contributed by atoms with Gasteiger partial charge in [-0.2, -0.15) is 0 Å². The smallest absolute Gasteiger partial charge is 0.254 e. The van der Waals surface area contributed by atoms with Crippen molar-refractivity contribution in [1.29, 1.82) is 0 Å². The Bertz CT molecular complexity index is 973. The van der Waals surface area contributed by atoms with E-state index in [1.165, 1.54) is 20.2 Å². The normalized spacial score (nSPS) is 17.5. The van der Waals surface area contributed by atoms with Gasteiger partial charge in [-0.3, -0.25) is 4.79 Å². The Balaban J connectivity index is 1.98. The van der Waals surface area contributed by atoms with Gasteiger partial charge in [0.25, 0.3) is 5.91 Å². The predicted molar refractivity (Wildman–Crippen MR) is 109 cm³/mol. The second-order valence-electron chi connectivity index (χ2n) is 6.95. The van der Waals surface area contributed by atoms with Crippen molar-refractivity contribution < 1.29 is 13.2 Å². The van der Waals surface area contributed by atoms with Gasteiger partial charge in [-0.25, -0.2) is 12.7 Å². The lowest BCUT2D eigenvalue weighted by atomic mass is 9.99. The number of amides is 1. The van der Waals surface area contributed by atoms with E-state index in [2.05, 4.69) is 35.0 Å². The fraction of sp³-hybridized carbons (Fsp3) is 0.350. The number of carbonyl (C=O) groups is 1. The number of sulfonamides is 1. The predicted octanol–water partition coefficient (Wildman–Crippen LogP) is 3.99. The molecule has 0 saturated carbocycles. The molecular weight excluding hydrogens is 428 g/mol. The maximum atomic E-state index is 13.2. The molecule has 2 aromatic carbocycles. The summed E-state index contributed by atoms with van der Waals surface area (Å²) in [7, 11) is -0.690. The van der Waals surface area contributed by atoms with E-state index in [9.17, 15) is 13.2 Å². The van der Waals surface area contributed by atoms with Crippen molar-refractivity contribution in [3.8, 4) is 0 Å². The highest BCUT2D eigenvalue weighted by Gasteiger charge is 2.32. The SMILES string of the molecule is Cc1ccccc1C1CCCN1C(=O)c1ccc(Br)c(S(=O)(=O)N(C)C)c1. The van der Waals surface area contributed by atoms with Gasteiger partial charge < -0.3 is 4.90 Å². The van der Waals surface area contributed by atoms with Crippen molar-refractivity contribution in [2.24, 2.45) is 0 Å². The topological polar surface area (TPSA) is 57.7 Å². The Hall–Kier alpha value is -1.70. The van der Waals surface area contributed by atoms with Crippen molar-refractivity contribution in [3.63, 3.8) is 0 Å². The molecule has 0 aromatic heterocycles. The van der Waals surface area contributed by atoms with Crippen LogP contribution in [0.4, 0.5) is 0 Å². The summed E-state index contributed by atoms with van der Waals surface area (Å²) in [6, 6.07) is 12.9. The minimum Gasteiger partial charge on any atom is -0.332 e. The van der Waals surface area contributed by atoms with Crippen molar-refractivity contribution in [1.82, 2.24) is 9.21 Å². The van der Waals surface area contributed by atoms with E-state index in [-0.39, 0.29) is 16.8 Å². The number of halogens is 1. The minimum atomic E-state index is -3.64. The van der Waals surface area contributed by atoms with Crippen molar-refractivity contribution in [3.05, 3.63) is 63.6 Å². The molecular formula is C20H23BrN2O3S. The van der Waals surface area contributed by atoms with Gasteiger partial charge in [0.15, 0.2) is 0 Å². The highest BCUT2D eigenvalue weighted by molar-refractivity contribution is 9.10. The van der Waals surface area contributed by atoms with Crippen LogP contribution >= 0.6 is 15.9 Å². The summed E-state index contributed by atoms with van der Waals surface area (Å²) < 4.78 is 26.7. The maximum absolute atomic E-state index is 13.2. The van der Waals surface area contributed by atoms with Crippen LogP contribution in [0.2, 0.25) is 0 Å². The number of hydrogen-bond donors (Lipinski definition) is 0. The first kappa shape index (κ1) is 20.0. The maximum Gasteiger partial charge on any atom is 0.254 e. The van der Waals surface area contributed by atoms with Gasteiger partial charge in [-0.05, 0) is 65.0 Å². The molecule has 0 aliphatic carbocycles. The molecule has 7 heteroatoms. The Labute approximate surface area is 169 Å². The van der Waals surface area contributed by atoms with Crippen LogP contribution in [0.15, 0.2) is 51.8 Å². The number of benzene rings is 2. The Kier molecular flexibility index (Phi) is 5.74. The van der Waals surface area contributed by atoms with Gasteiger partial charge in [-0.1, -0.05) is 24.3 Å². The molecule has 27 heavy (non-hydrogen) atoms. The second kappa shape index (κ2) is 7.73. The first-order valence-electron chi connectivity index (χ1n) is 8.82. The second-order valence-corrected chi connectivity index (χ2v) is 9.92. The molecule has 2 aromatic rings. The molecule has 1 saturated heterocycles. The number of hydrogen-bond acceptors (Lipinski definition) is 3. The molecule has 0 bridgehead atoms. The number of likely N-dealkylation sites (tertiary alicyclic amines) is 1. The van der Waals surface area contributed by atoms with Crippen molar-refractivity contribution in [2.75, 3.05) is 20.6 Å². The molecule has 0 radical (unpaired) electrons. The molecule has 3 rings (SSSR count). The van der Waals surface area contributed by atoms with Crippen molar-refractivity contribution in [2.45, 2.75) is 30.7 Å².